The van der Waals surface area contributed by atoms with Crippen LogP contribution in [0.5, 0.6) is 0 Å². The van der Waals surface area contributed by atoms with E-state index in [2.05, 4.69) is 15.5 Å². The van der Waals surface area contributed by atoms with Gasteiger partial charge in [-0.3, -0.25) is 4.57 Å². The molecule has 0 amide bonds. The smallest absolute Gasteiger partial charge is 0.266 e. The number of rotatable bonds is 3. The largest absolute Gasteiger partial charge is 0.371 e. The quantitative estimate of drug-likeness (QED) is 0.463. The van der Waals surface area contributed by atoms with Crippen LogP contribution in [-0.2, 0) is 15.6 Å². The third kappa shape index (κ3) is 3.05. The van der Waals surface area contributed by atoms with E-state index in [1.807, 2.05) is 0 Å². The number of fused-ring (bicyclic) bond motifs is 4. The summed E-state index contributed by atoms with van der Waals surface area (Å²) in [6.07, 6.45) is -0.671. The zero-order valence-electron chi connectivity index (χ0n) is 18.2. The lowest BCUT2D eigenvalue weighted by atomic mass is 9.91. The maximum Gasteiger partial charge on any atom is 0.266 e. The van der Waals surface area contributed by atoms with Crippen LogP contribution < -0.4 is 5.32 Å². The normalized spacial score (nSPS) is 14.9. The summed E-state index contributed by atoms with van der Waals surface area (Å²) in [4.78, 5) is 0. The Morgan fingerprint density at radius 1 is 1.15 bits per heavy atom. The van der Waals surface area contributed by atoms with E-state index in [1.54, 1.807) is 26.8 Å². The molecule has 4 aromatic rings. The number of aromatic nitrogens is 4. The van der Waals surface area contributed by atoms with E-state index in [0.717, 1.165) is 10.2 Å². The molecule has 0 fully saturated rings. The summed E-state index contributed by atoms with van der Waals surface area (Å²) in [7, 11) is -3.64. The molecule has 7 nitrogen and oxygen atoms in total. The fraction of sp³-hybridized carbons (Fsp3) is 0.273. The lowest BCUT2D eigenvalue weighted by molar-refractivity contribution is 0.151. The van der Waals surface area contributed by atoms with Crippen LogP contribution >= 0.6 is 0 Å². The predicted molar refractivity (Wildman–Crippen MR) is 119 cm³/mol. The van der Waals surface area contributed by atoms with Crippen molar-refractivity contribution >= 4 is 26.6 Å². The van der Waals surface area contributed by atoms with Crippen molar-refractivity contribution in [2.45, 2.75) is 32.7 Å². The molecular formula is C22H20F3N5O2S. The van der Waals surface area contributed by atoms with Gasteiger partial charge in [-0.05, 0) is 44.5 Å². The SMILES string of the molecule is Cc1nnc2n1-c1c(cc(F)c(-c3cccc4c3ccn4S(C)(=O)=O)c1C(F)F)NC2(C)C. The summed E-state index contributed by atoms with van der Waals surface area (Å²) in [5.41, 5.74) is -0.854. The molecule has 2 aromatic carbocycles. The highest BCUT2D eigenvalue weighted by Gasteiger charge is 2.38. The van der Waals surface area contributed by atoms with E-state index in [-0.39, 0.29) is 28.0 Å². The fourth-order valence-electron chi connectivity index (χ4n) is 4.56. The summed E-state index contributed by atoms with van der Waals surface area (Å²) >= 11 is 0. The number of anilines is 1. The first kappa shape index (κ1) is 21.5. The molecular weight excluding hydrogens is 455 g/mol. The number of nitrogens with zero attached hydrogens (tertiary/aromatic N) is 4. The average molecular weight is 475 g/mol. The number of hydrogen-bond acceptors (Lipinski definition) is 5. The molecule has 0 atom stereocenters. The van der Waals surface area contributed by atoms with Crippen molar-refractivity contribution in [1.82, 2.24) is 18.7 Å². The first-order valence-electron chi connectivity index (χ1n) is 10.1. The minimum Gasteiger partial charge on any atom is -0.371 e. The van der Waals surface area contributed by atoms with Gasteiger partial charge in [-0.15, -0.1) is 10.2 Å². The van der Waals surface area contributed by atoms with E-state index < -0.39 is 33.4 Å². The van der Waals surface area contributed by atoms with Gasteiger partial charge in [0.05, 0.1) is 34.2 Å². The minimum absolute atomic E-state index is 0.0813. The lowest BCUT2D eigenvalue weighted by Gasteiger charge is -2.35. The minimum atomic E-state index is -3.64. The van der Waals surface area contributed by atoms with Crippen LogP contribution in [0, 0.1) is 12.7 Å². The van der Waals surface area contributed by atoms with Crippen LogP contribution in [-0.4, -0.2) is 33.4 Å². The summed E-state index contributed by atoms with van der Waals surface area (Å²) in [6, 6.07) is 7.24. The van der Waals surface area contributed by atoms with Gasteiger partial charge >= 0.3 is 0 Å². The summed E-state index contributed by atoms with van der Waals surface area (Å²) < 4.78 is 71.7. The van der Waals surface area contributed by atoms with Gasteiger partial charge in [-0.2, -0.15) is 0 Å². The second-order valence-electron chi connectivity index (χ2n) is 8.61. The zero-order chi connectivity index (χ0) is 23.9. The summed E-state index contributed by atoms with van der Waals surface area (Å²) in [5, 5.41) is 11.7. The highest BCUT2D eigenvalue weighted by Crippen LogP contribution is 2.47. The molecule has 0 bridgehead atoms. The molecule has 0 aliphatic carbocycles. The van der Waals surface area contributed by atoms with Crippen LogP contribution in [0.25, 0.3) is 27.7 Å². The van der Waals surface area contributed by atoms with E-state index in [0.29, 0.717) is 17.0 Å². The maximum atomic E-state index is 15.6. The van der Waals surface area contributed by atoms with E-state index in [4.69, 9.17) is 0 Å². The van der Waals surface area contributed by atoms with Crippen molar-refractivity contribution in [2.75, 3.05) is 11.6 Å². The first-order valence-corrected chi connectivity index (χ1v) is 11.9. The molecule has 0 saturated carbocycles. The molecule has 0 unspecified atom stereocenters. The zero-order valence-corrected chi connectivity index (χ0v) is 19.0. The topological polar surface area (TPSA) is 81.8 Å². The van der Waals surface area contributed by atoms with Crippen molar-refractivity contribution < 1.29 is 21.6 Å². The van der Waals surface area contributed by atoms with Crippen molar-refractivity contribution in [3.8, 4) is 16.8 Å². The van der Waals surface area contributed by atoms with Gasteiger partial charge in [0.25, 0.3) is 6.43 Å². The average Bonchev–Trinajstić information content (AvgIpc) is 3.31. The molecule has 33 heavy (non-hydrogen) atoms. The van der Waals surface area contributed by atoms with Crippen LogP contribution in [0.3, 0.4) is 0 Å². The van der Waals surface area contributed by atoms with Crippen molar-refractivity contribution in [3.05, 3.63) is 59.6 Å². The monoisotopic (exact) mass is 475 g/mol. The maximum absolute atomic E-state index is 15.6. The number of hydrogen-bond donors (Lipinski definition) is 1. The van der Waals surface area contributed by atoms with Crippen molar-refractivity contribution in [2.24, 2.45) is 0 Å². The van der Waals surface area contributed by atoms with E-state index in [9.17, 15) is 17.2 Å². The van der Waals surface area contributed by atoms with E-state index >= 15 is 4.39 Å². The molecule has 1 N–H and O–H groups in total. The third-order valence-corrected chi connectivity index (χ3v) is 6.92. The second-order valence-corrected chi connectivity index (χ2v) is 10.5. The fourth-order valence-corrected chi connectivity index (χ4v) is 5.36. The molecule has 3 heterocycles. The molecule has 11 heteroatoms. The Kier molecular flexibility index (Phi) is 4.45. The Morgan fingerprint density at radius 3 is 2.55 bits per heavy atom. The number of alkyl halides is 2. The first-order chi connectivity index (χ1) is 15.4. The van der Waals surface area contributed by atoms with Gasteiger partial charge < -0.3 is 5.32 Å². The molecule has 1 aliphatic rings. The van der Waals surface area contributed by atoms with Crippen molar-refractivity contribution in [3.63, 3.8) is 0 Å². The standard InChI is InChI=1S/C22H20F3N5O2S/c1-11-27-28-21-22(2,3)26-15-10-14(23)17(18(20(24)25)19(15)30(11)21)13-6-5-7-16-12(13)8-9-29(16)33(4,31)32/h5-10,20,26H,1-4H3. The molecule has 2 aromatic heterocycles. The van der Waals surface area contributed by atoms with Gasteiger partial charge in [-0.25, -0.2) is 25.6 Å². The molecule has 5 rings (SSSR count). The van der Waals surface area contributed by atoms with Gasteiger partial charge in [0.2, 0.25) is 10.0 Å². The lowest BCUT2D eigenvalue weighted by Crippen LogP contribution is -2.36. The van der Waals surface area contributed by atoms with Crippen LogP contribution in [0.15, 0.2) is 36.5 Å². The Hall–Kier alpha value is -3.34. The number of halogens is 3. The molecule has 172 valence electrons. The number of benzene rings is 2. The summed E-state index contributed by atoms with van der Waals surface area (Å²) in [5.74, 6) is -0.0312. The number of nitrogens with one attached hydrogen (secondary N) is 1. The third-order valence-electron chi connectivity index (χ3n) is 5.89. The van der Waals surface area contributed by atoms with Gasteiger partial charge in [0, 0.05) is 17.1 Å². The molecule has 0 radical (unpaired) electrons. The number of aryl methyl sites for hydroxylation is 1. The highest BCUT2D eigenvalue weighted by molar-refractivity contribution is 7.89. The summed E-state index contributed by atoms with van der Waals surface area (Å²) in [6.45, 7) is 5.25. The van der Waals surface area contributed by atoms with Gasteiger partial charge in [0.15, 0.2) is 5.82 Å². The predicted octanol–water partition coefficient (Wildman–Crippen LogP) is 4.74. The van der Waals surface area contributed by atoms with E-state index in [1.165, 1.54) is 35.0 Å². The van der Waals surface area contributed by atoms with Crippen LogP contribution in [0.1, 0.15) is 37.5 Å². The second kappa shape index (κ2) is 6.83. The van der Waals surface area contributed by atoms with Crippen LogP contribution in [0.4, 0.5) is 18.9 Å². The van der Waals surface area contributed by atoms with Crippen LogP contribution in [0.2, 0.25) is 0 Å². The Bertz CT molecular complexity index is 1550. The Labute approximate surface area is 187 Å². The Morgan fingerprint density at radius 2 is 1.88 bits per heavy atom. The molecule has 1 aliphatic heterocycles. The van der Waals surface area contributed by atoms with Gasteiger partial charge in [-0.1, -0.05) is 12.1 Å². The Balaban J connectivity index is 1.90. The van der Waals surface area contributed by atoms with Crippen molar-refractivity contribution in [1.29, 1.82) is 0 Å². The molecule has 0 spiro atoms. The highest BCUT2D eigenvalue weighted by atomic mass is 32.2. The molecule has 0 saturated heterocycles. The van der Waals surface area contributed by atoms with Gasteiger partial charge in [0.1, 0.15) is 11.6 Å².